The van der Waals surface area contributed by atoms with Crippen molar-refractivity contribution in [2.45, 2.75) is 58.9 Å². The third-order valence-corrected chi connectivity index (χ3v) is 4.40. The summed E-state index contributed by atoms with van der Waals surface area (Å²) in [4.78, 5) is 16.9. The van der Waals surface area contributed by atoms with Gasteiger partial charge in [-0.2, -0.15) is 0 Å². The van der Waals surface area contributed by atoms with Gasteiger partial charge in [-0.1, -0.05) is 26.2 Å². The van der Waals surface area contributed by atoms with Crippen LogP contribution < -0.4 is 10.6 Å². The molecule has 2 rings (SSSR count). The van der Waals surface area contributed by atoms with Crippen LogP contribution in [0.25, 0.3) is 0 Å². The second kappa shape index (κ2) is 7.43. The van der Waals surface area contributed by atoms with E-state index < -0.39 is 0 Å². The highest BCUT2D eigenvalue weighted by Crippen LogP contribution is 2.27. The van der Waals surface area contributed by atoms with Crippen LogP contribution in [0.4, 0.5) is 5.69 Å². The second-order valence-corrected chi connectivity index (χ2v) is 5.93. The molecule has 0 radical (unpaired) electrons. The Balaban J connectivity index is 2.12. The van der Waals surface area contributed by atoms with E-state index in [-0.39, 0.29) is 5.91 Å². The van der Waals surface area contributed by atoms with Crippen molar-refractivity contribution in [1.82, 2.24) is 10.3 Å². The molecule has 1 aliphatic rings. The summed E-state index contributed by atoms with van der Waals surface area (Å²) < 4.78 is 0. The van der Waals surface area contributed by atoms with Gasteiger partial charge >= 0.3 is 0 Å². The van der Waals surface area contributed by atoms with Crippen LogP contribution in [0.15, 0.2) is 12.3 Å². The zero-order valence-corrected chi connectivity index (χ0v) is 13.4. The van der Waals surface area contributed by atoms with Crippen LogP contribution in [0.1, 0.15) is 62.0 Å². The number of rotatable bonds is 5. The van der Waals surface area contributed by atoms with Crippen molar-refractivity contribution in [1.29, 1.82) is 0 Å². The number of nitrogens with one attached hydrogen (secondary N) is 2. The van der Waals surface area contributed by atoms with E-state index in [0.29, 0.717) is 17.5 Å². The van der Waals surface area contributed by atoms with Crippen LogP contribution in [0.2, 0.25) is 0 Å². The highest BCUT2D eigenvalue weighted by Gasteiger charge is 2.26. The quantitative estimate of drug-likeness (QED) is 0.872. The summed E-state index contributed by atoms with van der Waals surface area (Å²) in [5.41, 5.74) is 2.46. The zero-order chi connectivity index (χ0) is 15.2. The number of pyridine rings is 1. The number of aromatic nitrogens is 1. The smallest absolute Gasteiger partial charge is 0.255 e. The molecule has 2 unspecified atom stereocenters. The van der Waals surface area contributed by atoms with Gasteiger partial charge in [0.1, 0.15) is 0 Å². The van der Waals surface area contributed by atoms with E-state index in [1.54, 1.807) is 6.20 Å². The molecule has 1 fully saturated rings. The minimum Gasteiger partial charge on any atom is -0.385 e. The predicted octanol–water partition coefficient (Wildman–Crippen LogP) is 3.52. The Kier molecular flexibility index (Phi) is 5.59. The standard InChI is InChI=1S/C17H27N3O/c1-4-13-8-6-7-9-15(13)20-17(21)14-11-19-12(3)10-16(14)18-5-2/h10-11,13,15H,4-9H2,1-3H3,(H,18,19)(H,20,21). The Morgan fingerprint density at radius 3 is 2.81 bits per heavy atom. The van der Waals surface area contributed by atoms with E-state index in [1.807, 2.05) is 19.9 Å². The molecule has 0 spiro atoms. The van der Waals surface area contributed by atoms with E-state index in [0.717, 1.165) is 30.8 Å². The van der Waals surface area contributed by atoms with Crippen molar-refractivity contribution in [3.63, 3.8) is 0 Å². The van der Waals surface area contributed by atoms with Crippen molar-refractivity contribution in [2.75, 3.05) is 11.9 Å². The van der Waals surface area contributed by atoms with Gasteiger partial charge in [0.05, 0.1) is 11.3 Å². The molecule has 4 heteroatoms. The monoisotopic (exact) mass is 289 g/mol. The number of nitrogens with zero attached hydrogens (tertiary/aromatic N) is 1. The van der Waals surface area contributed by atoms with Crippen LogP contribution in [-0.2, 0) is 0 Å². The molecule has 1 aromatic rings. The summed E-state index contributed by atoms with van der Waals surface area (Å²) >= 11 is 0. The first-order chi connectivity index (χ1) is 10.2. The SMILES string of the molecule is CCNc1cc(C)ncc1C(=O)NC1CCCCC1CC. The minimum atomic E-state index is 0.00352. The topological polar surface area (TPSA) is 54.0 Å². The highest BCUT2D eigenvalue weighted by atomic mass is 16.1. The lowest BCUT2D eigenvalue weighted by Gasteiger charge is -2.31. The van der Waals surface area contributed by atoms with E-state index >= 15 is 0 Å². The highest BCUT2D eigenvalue weighted by molar-refractivity contribution is 5.99. The van der Waals surface area contributed by atoms with E-state index in [4.69, 9.17) is 0 Å². The Labute approximate surface area is 127 Å². The molecule has 2 atom stereocenters. The fourth-order valence-electron chi connectivity index (χ4n) is 3.21. The fraction of sp³-hybridized carbons (Fsp3) is 0.647. The average molecular weight is 289 g/mol. The lowest BCUT2D eigenvalue weighted by molar-refractivity contribution is 0.0905. The first kappa shape index (κ1) is 15.8. The molecule has 0 aliphatic heterocycles. The average Bonchev–Trinajstić information content (AvgIpc) is 2.48. The first-order valence-electron chi connectivity index (χ1n) is 8.17. The number of carbonyl (C=O) groups excluding carboxylic acids is 1. The Hall–Kier alpha value is -1.58. The van der Waals surface area contributed by atoms with Crippen molar-refractivity contribution in [2.24, 2.45) is 5.92 Å². The zero-order valence-electron chi connectivity index (χ0n) is 13.4. The number of anilines is 1. The van der Waals surface area contributed by atoms with Crippen LogP contribution in [0.5, 0.6) is 0 Å². The molecule has 116 valence electrons. The van der Waals surface area contributed by atoms with Gasteiger partial charge in [0.25, 0.3) is 5.91 Å². The summed E-state index contributed by atoms with van der Waals surface area (Å²) in [5, 5.41) is 6.49. The molecule has 1 aromatic heterocycles. The molecule has 1 heterocycles. The molecule has 21 heavy (non-hydrogen) atoms. The molecule has 1 amide bonds. The van der Waals surface area contributed by atoms with Crippen LogP contribution in [0.3, 0.4) is 0 Å². The normalized spacial score (nSPS) is 21.9. The van der Waals surface area contributed by atoms with Gasteiger partial charge < -0.3 is 10.6 Å². The third-order valence-electron chi connectivity index (χ3n) is 4.40. The maximum atomic E-state index is 12.6. The third kappa shape index (κ3) is 3.96. The predicted molar refractivity (Wildman–Crippen MR) is 86.6 cm³/mol. The van der Waals surface area contributed by atoms with Gasteiger partial charge in [0.2, 0.25) is 0 Å². The number of hydrogen-bond acceptors (Lipinski definition) is 3. The number of aryl methyl sites for hydroxylation is 1. The summed E-state index contributed by atoms with van der Waals surface area (Å²) in [7, 11) is 0. The molecule has 0 saturated heterocycles. The Morgan fingerprint density at radius 2 is 2.10 bits per heavy atom. The number of amides is 1. The molecule has 0 aromatic carbocycles. The van der Waals surface area contributed by atoms with Crippen molar-refractivity contribution < 1.29 is 4.79 Å². The summed E-state index contributed by atoms with van der Waals surface area (Å²) in [6, 6.07) is 2.25. The van der Waals surface area contributed by atoms with Gasteiger partial charge in [-0.25, -0.2) is 0 Å². The molecule has 1 saturated carbocycles. The van der Waals surface area contributed by atoms with Gasteiger partial charge in [-0.3, -0.25) is 9.78 Å². The van der Waals surface area contributed by atoms with Crippen LogP contribution in [-0.4, -0.2) is 23.5 Å². The minimum absolute atomic E-state index is 0.00352. The van der Waals surface area contributed by atoms with E-state index in [2.05, 4.69) is 22.5 Å². The summed E-state index contributed by atoms with van der Waals surface area (Å²) in [6.45, 7) is 6.99. The maximum absolute atomic E-state index is 12.6. The molecule has 2 N–H and O–H groups in total. The lowest BCUT2D eigenvalue weighted by atomic mass is 9.83. The van der Waals surface area contributed by atoms with Gasteiger partial charge in [0.15, 0.2) is 0 Å². The summed E-state index contributed by atoms with van der Waals surface area (Å²) in [5.74, 6) is 0.618. The largest absolute Gasteiger partial charge is 0.385 e. The molecular formula is C17H27N3O. The second-order valence-electron chi connectivity index (χ2n) is 5.93. The van der Waals surface area contributed by atoms with Gasteiger partial charge in [-0.05, 0) is 38.7 Å². The van der Waals surface area contributed by atoms with E-state index in [9.17, 15) is 4.79 Å². The number of hydrogen-bond donors (Lipinski definition) is 2. The van der Waals surface area contributed by atoms with Crippen molar-refractivity contribution in [3.05, 3.63) is 23.5 Å². The van der Waals surface area contributed by atoms with Gasteiger partial charge in [-0.15, -0.1) is 0 Å². The molecule has 1 aliphatic carbocycles. The van der Waals surface area contributed by atoms with Crippen LogP contribution >= 0.6 is 0 Å². The molecular weight excluding hydrogens is 262 g/mol. The maximum Gasteiger partial charge on any atom is 0.255 e. The van der Waals surface area contributed by atoms with E-state index in [1.165, 1.54) is 19.3 Å². The van der Waals surface area contributed by atoms with Crippen molar-refractivity contribution in [3.8, 4) is 0 Å². The Morgan fingerprint density at radius 1 is 1.33 bits per heavy atom. The number of carbonyl (C=O) groups is 1. The fourth-order valence-corrected chi connectivity index (χ4v) is 3.21. The first-order valence-corrected chi connectivity index (χ1v) is 8.17. The molecule has 4 nitrogen and oxygen atoms in total. The van der Waals surface area contributed by atoms with Crippen molar-refractivity contribution >= 4 is 11.6 Å². The summed E-state index contributed by atoms with van der Waals surface area (Å²) in [6.07, 6.45) is 7.66. The lowest BCUT2D eigenvalue weighted by Crippen LogP contribution is -2.42. The Bertz CT molecular complexity index is 487. The van der Waals surface area contributed by atoms with Crippen LogP contribution in [0, 0.1) is 12.8 Å². The van der Waals surface area contributed by atoms with Gasteiger partial charge in [0, 0.05) is 24.5 Å². The molecule has 0 bridgehead atoms.